The van der Waals surface area contributed by atoms with E-state index in [1.807, 2.05) is 32.6 Å². The van der Waals surface area contributed by atoms with Crippen LogP contribution in [0.1, 0.15) is 52.5 Å². The van der Waals surface area contributed by atoms with Crippen LogP contribution in [-0.4, -0.2) is 71.2 Å². The second-order valence-corrected chi connectivity index (χ2v) is 9.41. The van der Waals surface area contributed by atoms with Crippen molar-refractivity contribution in [2.24, 2.45) is 0 Å². The van der Waals surface area contributed by atoms with Gasteiger partial charge >= 0.3 is 12.1 Å². The summed E-state index contributed by atoms with van der Waals surface area (Å²) in [5.41, 5.74) is -1.15. The first kappa shape index (κ1) is 24.0. The summed E-state index contributed by atoms with van der Waals surface area (Å²) < 4.78 is 18.9. The summed E-state index contributed by atoms with van der Waals surface area (Å²) in [6.07, 6.45) is 1.69. The lowest BCUT2D eigenvalue weighted by molar-refractivity contribution is -0.133. The minimum atomic E-state index is -1.18. The highest BCUT2D eigenvalue weighted by Crippen LogP contribution is 2.34. The molecule has 0 aliphatic carbocycles. The zero-order chi connectivity index (χ0) is 23.5. The average Bonchev–Trinajstić information content (AvgIpc) is 2.97. The predicted molar refractivity (Wildman–Crippen MR) is 117 cm³/mol. The number of carbonyl (C=O) groups is 3. The number of nitrogens with one attached hydrogen (secondary N) is 1. The Labute approximate surface area is 188 Å². The molecule has 1 aromatic rings. The fourth-order valence-electron chi connectivity index (χ4n) is 4.04. The van der Waals surface area contributed by atoms with Crippen LogP contribution in [0.5, 0.6) is 0 Å². The van der Waals surface area contributed by atoms with E-state index in [1.54, 1.807) is 17.0 Å². The number of piperazine rings is 1. The van der Waals surface area contributed by atoms with Crippen LogP contribution in [0.25, 0.3) is 0 Å². The SMILES string of the molecule is CCCC[C@]1(c2ccc(F)cc2)NC(=O)N(CN2CCN(C(=O)OC(C)(C)C)CC2)C1=O. The van der Waals surface area contributed by atoms with E-state index in [-0.39, 0.29) is 18.7 Å². The van der Waals surface area contributed by atoms with E-state index in [0.717, 1.165) is 12.8 Å². The standard InChI is InChI=1S/C23H33FN4O4/c1-5-6-11-23(17-7-9-18(24)10-8-17)19(29)28(20(30)25-23)16-26-12-14-27(15-13-26)21(31)32-22(2,3)4/h7-10H,5-6,11-16H2,1-4H3,(H,25,30)/t23-/m1/s1. The maximum absolute atomic E-state index is 13.5. The molecule has 0 saturated carbocycles. The van der Waals surface area contributed by atoms with Crippen LogP contribution >= 0.6 is 0 Å². The molecule has 0 radical (unpaired) electrons. The summed E-state index contributed by atoms with van der Waals surface area (Å²) in [6.45, 7) is 9.59. The Morgan fingerprint density at radius 2 is 1.75 bits per heavy atom. The Balaban J connectivity index is 1.68. The fraction of sp³-hybridized carbons (Fsp3) is 0.609. The predicted octanol–water partition coefficient (Wildman–Crippen LogP) is 3.27. The highest BCUT2D eigenvalue weighted by molar-refractivity contribution is 6.07. The van der Waals surface area contributed by atoms with E-state index >= 15 is 0 Å². The molecule has 2 saturated heterocycles. The summed E-state index contributed by atoms with van der Waals surface area (Å²) >= 11 is 0. The molecule has 0 unspecified atom stereocenters. The number of urea groups is 1. The number of hydrogen-bond donors (Lipinski definition) is 1. The Kier molecular flexibility index (Phi) is 7.07. The number of imide groups is 1. The number of rotatable bonds is 6. The summed E-state index contributed by atoms with van der Waals surface area (Å²) in [6, 6.07) is 5.28. The minimum absolute atomic E-state index is 0.141. The van der Waals surface area contributed by atoms with Gasteiger partial charge in [0, 0.05) is 26.2 Å². The van der Waals surface area contributed by atoms with Gasteiger partial charge in [-0.3, -0.25) is 9.69 Å². The maximum Gasteiger partial charge on any atom is 0.410 e. The lowest BCUT2D eigenvalue weighted by Crippen LogP contribution is -2.53. The van der Waals surface area contributed by atoms with Gasteiger partial charge in [0.25, 0.3) is 5.91 Å². The number of benzene rings is 1. The van der Waals surface area contributed by atoms with Crippen LogP contribution in [0.15, 0.2) is 24.3 Å². The number of amides is 4. The molecular formula is C23H33FN4O4. The number of halogens is 1. The van der Waals surface area contributed by atoms with Crippen molar-refractivity contribution in [3.63, 3.8) is 0 Å². The van der Waals surface area contributed by atoms with Gasteiger partial charge in [-0.05, 0) is 44.9 Å². The topological polar surface area (TPSA) is 82.2 Å². The Morgan fingerprint density at radius 1 is 1.12 bits per heavy atom. The van der Waals surface area contributed by atoms with Crippen molar-refractivity contribution >= 4 is 18.0 Å². The van der Waals surface area contributed by atoms with Gasteiger partial charge in [-0.25, -0.2) is 18.9 Å². The van der Waals surface area contributed by atoms with Crippen LogP contribution < -0.4 is 5.32 Å². The van der Waals surface area contributed by atoms with Crippen LogP contribution in [0.4, 0.5) is 14.0 Å². The first-order valence-electron chi connectivity index (χ1n) is 11.2. The van der Waals surface area contributed by atoms with Crippen molar-refractivity contribution in [1.82, 2.24) is 20.0 Å². The van der Waals surface area contributed by atoms with Gasteiger partial charge in [0.1, 0.15) is 17.0 Å². The molecule has 1 N–H and O–H groups in total. The molecule has 2 fully saturated rings. The second kappa shape index (κ2) is 9.44. The number of carbonyl (C=O) groups excluding carboxylic acids is 3. The Morgan fingerprint density at radius 3 is 2.31 bits per heavy atom. The fourth-order valence-corrected chi connectivity index (χ4v) is 4.04. The highest BCUT2D eigenvalue weighted by atomic mass is 19.1. The van der Waals surface area contributed by atoms with Crippen molar-refractivity contribution in [2.45, 2.75) is 58.1 Å². The monoisotopic (exact) mass is 448 g/mol. The minimum Gasteiger partial charge on any atom is -0.444 e. The van der Waals surface area contributed by atoms with Crippen LogP contribution in [-0.2, 0) is 15.1 Å². The molecule has 3 rings (SSSR count). The number of unbranched alkanes of at least 4 members (excludes halogenated alkanes) is 1. The molecule has 8 nitrogen and oxygen atoms in total. The number of nitrogens with zero attached hydrogens (tertiary/aromatic N) is 3. The lowest BCUT2D eigenvalue weighted by atomic mass is 9.85. The largest absolute Gasteiger partial charge is 0.444 e. The van der Waals surface area contributed by atoms with Crippen molar-refractivity contribution in [3.05, 3.63) is 35.6 Å². The summed E-state index contributed by atoms with van der Waals surface area (Å²) in [5, 5.41) is 2.88. The molecule has 4 amide bonds. The van der Waals surface area contributed by atoms with Crippen molar-refractivity contribution in [2.75, 3.05) is 32.8 Å². The molecule has 2 aliphatic rings. The smallest absolute Gasteiger partial charge is 0.410 e. The van der Waals surface area contributed by atoms with Gasteiger partial charge in [-0.15, -0.1) is 0 Å². The Bertz CT molecular complexity index is 847. The third kappa shape index (κ3) is 5.20. The lowest BCUT2D eigenvalue weighted by Gasteiger charge is -2.36. The molecule has 0 bridgehead atoms. The molecule has 2 aliphatic heterocycles. The zero-order valence-electron chi connectivity index (χ0n) is 19.3. The van der Waals surface area contributed by atoms with Crippen LogP contribution in [0.3, 0.4) is 0 Å². The zero-order valence-corrected chi connectivity index (χ0v) is 19.3. The van der Waals surface area contributed by atoms with Gasteiger partial charge in [-0.1, -0.05) is 31.9 Å². The van der Waals surface area contributed by atoms with Crippen molar-refractivity contribution in [1.29, 1.82) is 0 Å². The first-order valence-corrected chi connectivity index (χ1v) is 11.2. The van der Waals surface area contributed by atoms with Gasteiger partial charge in [-0.2, -0.15) is 0 Å². The van der Waals surface area contributed by atoms with Crippen LogP contribution in [0.2, 0.25) is 0 Å². The third-order valence-corrected chi connectivity index (χ3v) is 5.78. The number of hydrogen-bond acceptors (Lipinski definition) is 5. The van der Waals surface area contributed by atoms with Crippen LogP contribution in [0, 0.1) is 5.82 Å². The average molecular weight is 449 g/mol. The quantitative estimate of drug-likeness (QED) is 0.676. The molecule has 2 heterocycles. The number of ether oxygens (including phenoxy) is 1. The molecule has 32 heavy (non-hydrogen) atoms. The van der Waals surface area contributed by atoms with Gasteiger partial charge in [0.05, 0.1) is 6.67 Å². The molecule has 0 aromatic heterocycles. The van der Waals surface area contributed by atoms with Gasteiger partial charge in [0.2, 0.25) is 0 Å². The van der Waals surface area contributed by atoms with E-state index in [4.69, 9.17) is 4.74 Å². The molecular weight excluding hydrogens is 415 g/mol. The van der Waals surface area contributed by atoms with E-state index in [9.17, 15) is 18.8 Å². The normalized spacial score (nSPS) is 22.3. The van der Waals surface area contributed by atoms with E-state index in [1.165, 1.54) is 17.0 Å². The van der Waals surface area contributed by atoms with Gasteiger partial charge in [0.15, 0.2) is 0 Å². The molecule has 0 spiro atoms. The van der Waals surface area contributed by atoms with Gasteiger partial charge < -0.3 is 15.0 Å². The molecule has 1 aromatic carbocycles. The summed E-state index contributed by atoms with van der Waals surface area (Å²) in [5.74, 6) is -0.715. The van der Waals surface area contributed by atoms with Crippen molar-refractivity contribution < 1.29 is 23.5 Å². The van der Waals surface area contributed by atoms with E-state index in [0.29, 0.717) is 38.2 Å². The van der Waals surface area contributed by atoms with Crippen molar-refractivity contribution in [3.8, 4) is 0 Å². The van der Waals surface area contributed by atoms with E-state index < -0.39 is 23.0 Å². The van der Waals surface area contributed by atoms with E-state index in [2.05, 4.69) is 5.32 Å². The first-order chi connectivity index (χ1) is 15.1. The maximum atomic E-state index is 13.5. The Hall–Kier alpha value is -2.68. The summed E-state index contributed by atoms with van der Waals surface area (Å²) in [7, 11) is 0. The molecule has 176 valence electrons. The molecule has 9 heteroatoms. The highest BCUT2D eigenvalue weighted by Gasteiger charge is 2.52. The summed E-state index contributed by atoms with van der Waals surface area (Å²) in [4.78, 5) is 43.4. The third-order valence-electron chi connectivity index (χ3n) is 5.78. The second-order valence-electron chi connectivity index (χ2n) is 9.41. The molecule has 1 atom stereocenters.